The highest BCUT2D eigenvalue weighted by molar-refractivity contribution is 6.06. The summed E-state index contributed by atoms with van der Waals surface area (Å²) in [5.74, 6) is 0.184. The summed E-state index contributed by atoms with van der Waals surface area (Å²) in [4.78, 5) is 27.8. The predicted octanol–water partition coefficient (Wildman–Crippen LogP) is 2.70. The summed E-state index contributed by atoms with van der Waals surface area (Å²) >= 11 is 0. The monoisotopic (exact) mass is 384 g/mol. The molecular weight excluding hydrogens is 356 g/mol. The SMILES string of the molecule is CCC1CN2C[C@@]3(CC2CC1/C(=C\OC)C(=O)OC)C(=O)Nc1ccccc13. The van der Waals surface area contributed by atoms with Gasteiger partial charge in [-0.3, -0.25) is 9.69 Å². The molecule has 3 unspecified atom stereocenters. The number of para-hydroxylation sites is 1. The molecule has 3 aliphatic heterocycles. The minimum atomic E-state index is -0.481. The fourth-order valence-electron chi connectivity index (χ4n) is 5.49. The van der Waals surface area contributed by atoms with Crippen LogP contribution in [0.2, 0.25) is 0 Å². The second kappa shape index (κ2) is 7.24. The van der Waals surface area contributed by atoms with Gasteiger partial charge in [0.05, 0.1) is 31.5 Å². The zero-order valence-corrected chi connectivity index (χ0v) is 16.7. The van der Waals surface area contributed by atoms with E-state index < -0.39 is 5.41 Å². The van der Waals surface area contributed by atoms with Crippen molar-refractivity contribution in [3.63, 3.8) is 0 Å². The smallest absolute Gasteiger partial charge is 0.337 e. The highest BCUT2D eigenvalue weighted by Crippen LogP contribution is 2.50. The van der Waals surface area contributed by atoms with Crippen molar-refractivity contribution in [2.45, 2.75) is 37.6 Å². The van der Waals surface area contributed by atoms with E-state index in [1.165, 1.54) is 13.4 Å². The molecule has 4 rings (SSSR count). The number of rotatable bonds is 4. The molecule has 4 atom stereocenters. The largest absolute Gasteiger partial charge is 0.504 e. The maximum absolute atomic E-state index is 13.0. The molecular formula is C22H28N2O4. The van der Waals surface area contributed by atoms with Crippen LogP contribution in [0.1, 0.15) is 31.7 Å². The van der Waals surface area contributed by atoms with Gasteiger partial charge in [-0.2, -0.15) is 0 Å². The number of carbonyl (C=O) groups excluding carboxylic acids is 2. The summed E-state index contributed by atoms with van der Waals surface area (Å²) in [6.45, 7) is 3.77. The van der Waals surface area contributed by atoms with Crippen molar-refractivity contribution in [2.75, 3.05) is 32.6 Å². The van der Waals surface area contributed by atoms with Crippen molar-refractivity contribution in [2.24, 2.45) is 11.8 Å². The molecule has 0 saturated carbocycles. The highest BCUT2D eigenvalue weighted by atomic mass is 16.5. The standard InChI is InChI=1S/C22H28N2O4/c1-4-14-11-24-13-22(18-7-5-6-8-19(18)23-21(22)26)10-15(24)9-16(14)17(12-27-2)20(25)28-3/h5-8,12,14-16H,4,9-11,13H2,1-3H3,(H,23,26)/b17-12+/t14?,15?,16?,22-/m1/s1. The van der Waals surface area contributed by atoms with Gasteiger partial charge in [-0.25, -0.2) is 4.79 Å². The van der Waals surface area contributed by atoms with E-state index >= 15 is 0 Å². The van der Waals surface area contributed by atoms with Crippen molar-refractivity contribution >= 4 is 17.6 Å². The maximum atomic E-state index is 13.0. The van der Waals surface area contributed by atoms with Gasteiger partial charge in [-0.15, -0.1) is 0 Å². The summed E-state index contributed by atoms with van der Waals surface area (Å²) in [6, 6.07) is 8.28. The number of amides is 1. The quantitative estimate of drug-likeness (QED) is 0.491. The molecule has 1 spiro atoms. The Hall–Kier alpha value is -2.34. The van der Waals surface area contributed by atoms with Crippen LogP contribution in [0.5, 0.6) is 0 Å². The van der Waals surface area contributed by atoms with E-state index in [4.69, 9.17) is 9.47 Å². The number of nitrogens with one attached hydrogen (secondary N) is 1. The maximum Gasteiger partial charge on any atom is 0.337 e. The summed E-state index contributed by atoms with van der Waals surface area (Å²) < 4.78 is 10.2. The minimum Gasteiger partial charge on any atom is -0.504 e. The highest BCUT2D eigenvalue weighted by Gasteiger charge is 2.56. The van der Waals surface area contributed by atoms with Crippen LogP contribution in [0.15, 0.2) is 36.1 Å². The van der Waals surface area contributed by atoms with E-state index in [1.54, 1.807) is 7.11 Å². The summed E-state index contributed by atoms with van der Waals surface area (Å²) in [5.41, 5.74) is 2.17. The average Bonchev–Trinajstić information content (AvgIpc) is 3.22. The lowest BCUT2D eigenvalue weighted by Gasteiger charge is -2.40. The third-order valence-electron chi connectivity index (χ3n) is 6.85. The molecule has 2 saturated heterocycles. The van der Waals surface area contributed by atoms with Crippen molar-refractivity contribution < 1.29 is 19.1 Å². The molecule has 1 aromatic rings. The van der Waals surface area contributed by atoms with Crippen LogP contribution >= 0.6 is 0 Å². The minimum absolute atomic E-state index is 0.0773. The van der Waals surface area contributed by atoms with Crippen molar-refractivity contribution in [3.8, 4) is 0 Å². The Labute approximate surface area is 165 Å². The number of fused-ring (bicyclic) bond motifs is 3. The zero-order valence-electron chi connectivity index (χ0n) is 16.7. The number of hydrogen-bond donors (Lipinski definition) is 1. The summed E-state index contributed by atoms with van der Waals surface area (Å²) in [5, 5.41) is 3.08. The number of methoxy groups -OCH3 is 2. The van der Waals surface area contributed by atoms with Crippen LogP contribution in [0, 0.1) is 11.8 Å². The number of benzene rings is 1. The van der Waals surface area contributed by atoms with Crippen molar-refractivity contribution in [1.82, 2.24) is 4.90 Å². The molecule has 3 aliphatic rings. The lowest BCUT2D eigenvalue weighted by atomic mass is 9.74. The third kappa shape index (κ3) is 2.82. The molecule has 0 bridgehead atoms. The Balaban J connectivity index is 1.64. The van der Waals surface area contributed by atoms with Crippen molar-refractivity contribution in [3.05, 3.63) is 41.7 Å². The molecule has 1 aromatic carbocycles. The third-order valence-corrected chi connectivity index (χ3v) is 6.85. The van der Waals surface area contributed by atoms with E-state index in [0.717, 1.165) is 43.6 Å². The van der Waals surface area contributed by atoms with Gasteiger partial charge in [0.1, 0.15) is 0 Å². The molecule has 150 valence electrons. The van der Waals surface area contributed by atoms with Gasteiger partial charge in [-0.05, 0) is 36.3 Å². The number of anilines is 1. The molecule has 6 nitrogen and oxygen atoms in total. The summed E-state index contributed by atoms with van der Waals surface area (Å²) in [7, 11) is 2.97. The Bertz CT molecular complexity index is 821. The first-order valence-electron chi connectivity index (χ1n) is 10.00. The van der Waals surface area contributed by atoms with Gasteiger partial charge < -0.3 is 14.8 Å². The first-order valence-corrected chi connectivity index (χ1v) is 10.00. The number of esters is 1. The van der Waals surface area contributed by atoms with E-state index in [0.29, 0.717) is 11.5 Å². The predicted molar refractivity (Wildman–Crippen MR) is 106 cm³/mol. The molecule has 28 heavy (non-hydrogen) atoms. The molecule has 1 amide bonds. The van der Waals surface area contributed by atoms with Crippen LogP contribution in [0.25, 0.3) is 0 Å². The van der Waals surface area contributed by atoms with Gasteiger partial charge in [0.2, 0.25) is 5.91 Å². The second-order valence-electron chi connectivity index (χ2n) is 8.18. The fraction of sp³-hybridized carbons (Fsp3) is 0.545. The lowest BCUT2D eigenvalue weighted by molar-refractivity contribution is -0.137. The average molecular weight is 384 g/mol. The van der Waals surface area contributed by atoms with Gasteiger partial charge in [0.15, 0.2) is 0 Å². The van der Waals surface area contributed by atoms with Gasteiger partial charge in [0.25, 0.3) is 0 Å². The Kier molecular flexibility index (Phi) is 4.91. The molecule has 6 heteroatoms. The number of piperidine rings is 1. The molecule has 0 aromatic heterocycles. The molecule has 3 heterocycles. The van der Waals surface area contributed by atoms with Crippen LogP contribution < -0.4 is 5.32 Å². The first-order chi connectivity index (χ1) is 13.5. The van der Waals surface area contributed by atoms with Crippen LogP contribution in [-0.4, -0.2) is 50.1 Å². The van der Waals surface area contributed by atoms with Gasteiger partial charge in [-0.1, -0.05) is 31.5 Å². The first kappa shape index (κ1) is 19.0. The van der Waals surface area contributed by atoms with Crippen LogP contribution in [-0.2, 0) is 24.5 Å². The molecule has 1 N–H and O–H groups in total. The summed E-state index contributed by atoms with van der Waals surface area (Å²) in [6.07, 6.45) is 4.11. The van der Waals surface area contributed by atoms with Crippen molar-refractivity contribution in [1.29, 1.82) is 0 Å². The van der Waals surface area contributed by atoms with E-state index in [2.05, 4.69) is 23.2 Å². The second-order valence-corrected chi connectivity index (χ2v) is 8.18. The van der Waals surface area contributed by atoms with Crippen LogP contribution in [0.4, 0.5) is 5.69 Å². The fourth-order valence-corrected chi connectivity index (χ4v) is 5.49. The van der Waals surface area contributed by atoms with Gasteiger partial charge >= 0.3 is 5.97 Å². The molecule has 0 aliphatic carbocycles. The van der Waals surface area contributed by atoms with Crippen LogP contribution in [0.3, 0.4) is 0 Å². The molecule has 0 radical (unpaired) electrons. The Morgan fingerprint density at radius 2 is 2.14 bits per heavy atom. The zero-order chi connectivity index (χ0) is 19.9. The molecule has 2 fully saturated rings. The topological polar surface area (TPSA) is 67.9 Å². The normalized spacial score (nSPS) is 32.0. The number of hydrogen-bond acceptors (Lipinski definition) is 5. The number of nitrogens with zero attached hydrogens (tertiary/aromatic N) is 1. The van der Waals surface area contributed by atoms with E-state index in [9.17, 15) is 9.59 Å². The Morgan fingerprint density at radius 1 is 1.36 bits per heavy atom. The number of ether oxygens (including phenoxy) is 2. The van der Waals surface area contributed by atoms with Gasteiger partial charge in [0, 0.05) is 24.8 Å². The number of carbonyl (C=O) groups is 2. The van der Waals surface area contributed by atoms with E-state index in [1.807, 2.05) is 18.2 Å². The Morgan fingerprint density at radius 3 is 2.86 bits per heavy atom. The lowest BCUT2D eigenvalue weighted by Crippen LogP contribution is -2.45. The van der Waals surface area contributed by atoms with E-state index in [-0.39, 0.29) is 23.8 Å².